The molecule has 0 radical (unpaired) electrons. The van der Waals surface area contributed by atoms with Crippen molar-refractivity contribution in [3.8, 4) is 0 Å². The van der Waals surface area contributed by atoms with Gasteiger partial charge in [-0.2, -0.15) is 4.31 Å². The van der Waals surface area contributed by atoms with Gasteiger partial charge in [0.15, 0.2) is 5.78 Å². The fraction of sp³-hybridized carbons (Fsp3) is 0.467. The lowest BCUT2D eigenvalue weighted by Crippen LogP contribution is -2.37. The van der Waals surface area contributed by atoms with Crippen LogP contribution in [0, 0.1) is 0 Å². The number of rotatable bonds is 3. The number of sulfonamides is 1. The summed E-state index contributed by atoms with van der Waals surface area (Å²) in [4.78, 5) is 24.6. The molecule has 2 rings (SSSR count). The number of benzene rings is 1. The van der Waals surface area contributed by atoms with Crippen molar-refractivity contribution in [2.24, 2.45) is 0 Å². The lowest BCUT2D eigenvalue weighted by molar-refractivity contribution is 0.101. The van der Waals surface area contributed by atoms with Gasteiger partial charge in [-0.25, -0.2) is 13.2 Å². The minimum absolute atomic E-state index is 0.0942. The van der Waals surface area contributed by atoms with Crippen LogP contribution in [0.1, 0.15) is 23.7 Å². The second kappa shape index (κ2) is 7.10. The van der Waals surface area contributed by atoms with E-state index in [1.807, 2.05) is 0 Å². The molecule has 0 aliphatic carbocycles. The molecule has 1 aliphatic rings. The van der Waals surface area contributed by atoms with Crippen molar-refractivity contribution in [1.29, 1.82) is 0 Å². The third-order valence-electron chi connectivity index (χ3n) is 3.77. The van der Waals surface area contributed by atoms with Gasteiger partial charge in [0, 0.05) is 31.7 Å². The smallest absolute Gasteiger partial charge is 0.409 e. The van der Waals surface area contributed by atoms with Crippen molar-refractivity contribution in [1.82, 2.24) is 9.21 Å². The first kappa shape index (κ1) is 17.4. The molecule has 1 saturated heterocycles. The summed E-state index contributed by atoms with van der Waals surface area (Å²) in [7, 11) is -2.39. The van der Waals surface area contributed by atoms with Gasteiger partial charge in [0.2, 0.25) is 10.0 Å². The Labute approximate surface area is 135 Å². The summed E-state index contributed by atoms with van der Waals surface area (Å²) in [5, 5.41) is 0. The van der Waals surface area contributed by atoms with E-state index in [4.69, 9.17) is 0 Å². The Balaban J connectivity index is 2.21. The lowest BCUT2D eigenvalue weighted by atomic mass is 10.2. The zero-order chi connectivity index (χ0) is 17.0. The Bertz CT molecular complexity index is 702. The monoisotopic (exact) mass is 340 g/mol. The Hall–Kier alpha value is -1.93. The Kier molecular flexibility index (Phi) is 5.38. The number of hydrogen-bond donors (Lipinski definition) is 0. The molecule has 1 aromatic rings. The maximum Gasteiger partial charge on any atom is 0.409 e. The second-order valence-electron chi connectivity index (χ2n) is 5.30. The van der Waals surface area contributed by atoms with Crippen molar-refractivity contribution in [2.75, 3.05) is 33.3 Å². The minimum atomic E-state index is -3.69. The van der Waals surface area contributed by atoms with E-state index in [1.165, 1.54) is 35.4 Å². The fourth-order valence-electron chi connectivity index (χ4n) is 2.47. The Morgan fingerprint density at radius 1 is 1.13 bits per heavy atom. The first-order chi connectivity index (χ1) is 10.9. The molecule has 1 aliphatic heterocycles. The van der Waals surface area contributed by atoms with Crippen molar-refractivity contribution in [2.45, 2.75) is 18.2 Å². The van der Waals surface area contributed by atoms with Gasteiger partial charge in [0.05, 0.1) is 12.0 Å². The van der Waals surface area contributed by atoms with Gasteiger partial charge >= 0.3 is 6.09 Å². The number of Topliss-reactive ketones (excluding diaryl/α,β-unsaturated/α-hetero) is 1. The SMILES string of the molecule is COC(=O)N1CCCN(S(=O)(=O)c2cccc(C(C)=O)c2)CC1. The number of ketones is 1. The molecule has 0 atom stereocenters. The van der Waals surface area contributed by atoms with Crippen LogP contribution >= 0.6 is 0 Å². The van der Waals surface area contributed by atoms with E-state index in [1.54, 1.807) is 12.1 Å². The van der Waals surface area contributed by atoms with Crippen molar-refractivity contribution in [3.63, 3.8) is 0 Å². The number of ether oxygens (including phenoxy) is 1. The molecule has 1 aromatic carbocycles. The molecule has 0 aromatic heterocycles. The predicted octanol–water partition coefficient (Wildman–Crippen LogP) is 1.35. The van der Waals surface area contributed by atoms with Gasteiger partial charge < -0.3 is 9.64 Å². The van der Waals surface area contributed by atoms with E-state index in [-0.39, 0.29) is 23.8 Å². The Morgan fingerprint density at radius 3 is 2.52 bits per heavy atom. The molecule has 1 fully saturated rings. The number of nitrogens with zero attached hydrogens (tertiary/aromatic N) is 2. The van der Waals surface area contributed by atoms with Crippen molar-refractivity contribution in [3.05, 3.63) is 29.8 Å². The summed E-state index contributed by atoms with van der Waals surface area (Å²) in [6.07, 6.45) is 0.0728. The number of amides is 1. The fourth-order valence-corrected chi connectivity index (χ4v) is 3.99. The van der Waals surface area contributed by atoms with Crippen LogP contribution in [0.5, 0.6) is 0 Å². The largest absolute Gasteiger partial charge is 0.453 e. The molecular weight excluding hydrogens is 320 g/mol. The van der Waals surface area contributed by atoms with Gasteiger partial charge in [0.1, 0.15) is 0 Å². The molecule has 8 heteroatoms. The molecule has 0 N–H and O–H groups in total. The molecule has 23 heavy (non-hydrogen) atoms. The van der Waals surface area contributed by atoms with Gasteiger partial charge in [-0.05, 0) is 25.5 Å². The topological polar surface area (TPSA) is 84.0 Å². The zero-order valence-electron chi connectivity index (χ0n) is 13.2. The van der Waals surface area contributed by atoms with Crippen LogP contribution in [-0.2, 0) is 14.8 Å². The lowest BCUT2D eigenvalue weighted by Gasteiger charge is -2.21. The summed E-state index contributed by atoms with van der Waals surface area (Å²) in [5.74, 6) is -0.185. The molecule has 126 valence electrons. The van der Waals surface area contributed by atoms with Crippen LogP contribution in [0.25, 0.3) is 0 Å². The second-order valence-corrected chi connectivity index (χ2v) is 7.24. The average Bonchev–Trinajstić information content (AvgIpc) is 2.80. The molecule has 0 unspecified atom stereocenters. The zero-order valence-corrected chi connectivity index (χ0v) is 14.0. The number of hydrogen-bond acceptors (Lipinski definition) is 5. The van der Waals surface area contributed by atoms with E-state index in [9.17, 15) is 18.0 Å². The van der Waals surface area contributed by atoms with Crippen molar-refractivity contribution >= 4 is 21.9 Å². The maximum absolute atomic E-state index is 12.7. The predicted molar refractivity (Wildman–Crippen MR) is 83.8 cm³/mol. The molecule has 1 heterocycles. The molecule has 7 nitrogen and oxygen atoms in total. The van der Waals surface area contributed by atoms with E-state index in [0.29, 0.717) is 25.1 Å². The van der Waals surface area contributed by atoms with Crippen LogP contribution in [0.2, 0.25) is 0 Å². The first-order valence-electron chi connectivity index (χ1n) is 7.30. The molecule has 0 bridgehead atoms. The molecule has 0 spiro atoms. The Morgan fingerprint density at radius 2 is 1.87 bits per heavy atom. The standard InChI is InChI=1S/C15H20N2O5S/c1-12(18)13-5-3-6-14(11-13)23(20,21)17-8-4-7-16(9-10-17)15(19)22-2/h3,5-6,11H,4,7-10H2,1-2H3. The summed E-state index contributed by atoms with van der Waals surface area (Å²) in [6.45, 7) is 2.64. The highest BCUT2D eigenvalue weighted by Gasteiger charge is 2.28. The van der Waals surface area contributed by atoms with E-state index in [2.05, 4.69) is 4.74 Å². The van der Waals surface area contributed by atoms with Gasteiger partial charge in [-0.3, -0.25) is 4.79 Å². The highest BCUT2D eigenvalue weighted by Crippen LogP contribution is 2.19. The summed E-state index contributed by atoms with van der Waals surface area (Å²) >= 11 is 0. The van der Waals surface area contributed by atoms with E-state index in [0.717, 1.165) is 0 Å². The number of carbonyl (C=O) groups excluding carboxylic acids is 2. The van der Waals surface area contributed by atoms with Gasteiger partial charge in [-0.15, -0.1) is 0 Å². The number of carbonyl (C=O) groups is 2. The van der Waals surface area contributed by atoms with E-state index < -0.39 is 16.1 Å². The van der Waals surface area contributed by atoms with Crippen molar-refractivity contribution < 1.29 is 22.7 Å². The summed E-state index contributed by atoms with van der Waals surface area (Å²) < 4.78 is 31.5. The minimum Gasteiger partial charge on any atom is -0.453 e. The third kappa shape index (κ3) is 3.89. The average molecular weight is 340 g/mol. The van der Waals surface area contributed by atoms with Crippen LogP contribution in [0.3, 0.4) is 0 Å². The normalized spacial score (nSPS) is 16.7. The third-order valence-corrected chi connectivity index (χ3v) is 5.66. The summed E-state index contributed by atoms with van der Waals surface area (Å²) in [6, 6.07) is 6.01. The summed E-state index contributed by atoms with van der Waals surface area (Å²) in [5.41, 5.74) is 0.358. The quantitative estimate of drug-likeness (QED) is 0.776. The maximum atomic E-state index is 12.7. The van der Waals surface area contributed by atoms with Gasteiger partial charge in [-0.1, -0.05) is 12.1 Å². The van der Waals surface area contributed by atoms with Crippen LogP contribution < -0.4 is 0 Å². The number of methoxy groups -OCH3 is 1. The first-order valence-corrected chi connectivity index (χ1v) is 8.74. The van der Waals surface area contributed by atoms with Crippen LogP contribution in [0.15, 0.2) is 29.2 Å². The van der Waals surface area contributed by atoms with Crippen LogP contribution in [0.4, 0.5) is 4.79 Å². The molecular formula is C15H20N2O5S. The molecule has 1 amide bonds. The van der Waals surface area contributed by atoms with E-state index >= 15 is 0 Å². The highest BCUT2D eigenvalue weighted by atomic mass is 32.2. The van der Waals surface area contributed by atoms with Gasteiger partial charge in [0.25, 0.3) is 0 Å². The molecule has 0 saturated carbocycles. The highest BCUT2D eigenvalue weighted by molar-refractivity contribution is 7.89. The van der Waals surface area contributed by atoms with Crippen LogP contribution in [-0.4, -0.2) is 62.8 Å².